The van der Waals surface area contributed by atoms with Gasteiger partial charge in [0.2, 0.25) is 0 Å². The van der Waals surface area contributed by atoms with Crippen LogP contribution >= 0.6 is 0 Å². The second kappa shape index (κ2) is 4.84. The van der Waals surface area contributed by atoms with Crippen molar-refractivity contribution in [2.45, 2.75) is 70.8 Å². The molecule has 88 valence electrons. The highest BCUT2D eigenvalue weighted by Crippen LogP contribution is 2.42. The van der Waals surface area contributed by atoms with E-state index in [-0.39, 0.29) is 0 Å². The van der Waals surface area contributed by atoms with E-state index in [1.807, 2.05) is 0 Å². The van der Waals surface area contributed by atoms with Crippen LogP contribution in [0.2, 0.25) is 0 Å². The summed E-state index contributed by atoms with van der Waals surface area (Å²) in [4.78, 5) is 0. The third-order valence-electron chi connectivity index (χ3n) is 4.83. The smallest absolute Gasteiger partial charge is 0.0266 e. The second-order valence-electron chi connectivity index (χ2n) is 5.97. The Kier molecular flexibility index (Phi) is 3.68. The second-order valence-corrected chi connectivity index (χ2v) is 5.97. The average molecular weight is 210 g/mol. The zero-order valence-corrected chi connectivity index (χ0v) is 10.1. The lowest BCUT2D eigenvalue weighted by Crippen LogP contribution is -2.49. The molecule has 1 atom stereocenters. The van der Waals surface area contributed by atoms with Crippen molar-refractivity contribution < 1.29 is 0 Å². The number of hydrogen-bond acceptors (Lipinski definition) is 2. The number of hydrogen-bond donors (Lipinski definition) is 2. The molecule has 0 spiro atoms. The molecule has 0 aliphatic heterocycles. The summed E-state index contributed by atoms with van der Waals surface area (Å²) in [5, 5.41) is 0. The van der Waals surface area contributed by atoms with E-state index in [4.69, 9.17) is 5.84 Å². The molecule has 0 bridgehead atoms. The molecule has 15 heavy (non-hydrogen) atoms. The molecule has 2 aliphatic rings. The van der Waals surface area contributed by atoms with Gasteiger partial charge in [0.05, 0.1) is 0 Å². The third kappa shape index (κ3) is 2.54. The monoisotopic (exact) mass is 210 g/mol. The minimum atomic E-state index is 0.475. The van der Waals surface area contributed by atoms with Gasteiger partial charge in [-0.05, 0) is 30.6 Å². The summed E-state index contributed by atoms with van der Waals surface area (Å²) in [6.07, 6.45) is 12.6. The van der Waals surface area contributed by atoms with Crippen LogP contribution < -0.4 is 11.3 Å². The molecule has 0 radical (unpaired) electrons. The number of nitrogens with two attached hydrogens (primary N) is 1. The number of hydrazine groups is 1. The molecule has 0 aromatic carbocycles. The van der Waals surface area contributed by atoms with E-state index in [9.17, 15) is 0 Å². The predicted molar refractivity (Wildman–Crippen MR) is 64.3 cm³/mol. The molecule has 2 heteroatoms. The van der Waals surface area contributed by atoms with Gasteiger partial charge in [-0.1, -0.05) is 45.4 Å². The van der Waals surface area contributed by atoms with E-state index in [2.05, 4.69) is 12.3 Å². The highest BCUT2D eigenvalue weighted by atomic mass is 15.2. The molecule has 2 saturated carbocycles. The zero-order chi connectivity index (χ0) is 10.7. The van der Waals surface area contributed by atoms with Crippen molar-refractivity contribution in [3.8, 4) is 0 Å². The van der Waals surface area contributed by atoms with E-state index < -0.39 is 0 Å². The lowest BCUT2D eigenvalue weighted by atomic mass is 9.66. The maximum Gasteiger partial charge on any atom is 0.0266 e. The number of nitrogens with one attached hydrogen (secondary N) is 1. The quantitative estimate of drug-likeness (QED) is 0.553. The SMILES string of the molecule is CC1(C(CC2CCC2)NN)CCCCC1. The van der Waals surface area contributed by atoms with E-state index >= 15 is 0 Å². The first-order chi connectivity index (χ1) is 7.24. The standard InChI is InChI=1S/C13H26N2/c1-13(8-3-2-4-9-13)12(15-14)10-11-6-5-7-11/h11-12,15H,2-10,14H2,1H3. The van der Waals surface area contributed by atoms with Crippen molar-refractivity contribution >= 4 is 0 Å². The van der Waals surface area contributed by atoms with Gasteiger partial charge in [0.15, 0.2) is 0 Å². The normalized spacial score (nSPS) is 28.4. The van der Waals surface area contributed by atoms with Crippen molar-refractivity contribution in [1.29, 1.82) is 0 Å². The van der Waals surface area contributed by atoms with E-state index in [0.29, 0.717) is 11.5 Å². The van der Waals surface area contributed by atoms with Gasteiger partial charge in [0, 0.05) is 6.04 Å². The van der Waals surface area contributed by atoms with Gasteiger partial charge in [0.1, 0.15) is 0 Å². The molecule has 2 nitrogen and oxygen atoms in total. The first-order valence-electron chi connectivity index (χ1n) is 6.71. The fourth-order valence-electron chi connectivity index (χ4n) is 3.32. The van der Waals surface area contributed by atoms with Crippen molar-refractivity contribution in [1.82, 2.24) is 5.43 Å². The van der Waals surface area contributed by atoms with Crippen molar-refractivity contribution in [3.05, 3.63) is 0 Å². The van der Waals surface area contributed by atoms with Crippen LogP contribution in [0.15, 0.2) is 0 Å². The van der Waals surface area contributed by atoms with Crippen LogP contribution in [-0.4, -0.2) is 6.04 Å². The summed E-state index contributed by atoms with van der Waals surface area (Å²) in [5.74, 6) is 6.73. The zero-order valence-electron chi connectivity index (χ0n) is 10.1. The van der Waals surface area contributed by atoms with Gasteiger partial charge in [-0.3, -0.25) is 11.3 Å². The molecule has 2 aliphatic carbocycles. The van der Waals surface area contributed by atoms with Crippen LogP contribution in [0.1, 0.15) is 64.7 Å². The van der Waals surface area contributed by atoms with Gasteiger partial charge in [-0.2, -0.15) is 0 Å². The summed E-state index contributed by atoms with van der Waals surface area (Å²) in [5.41, 5.74) is 3.59. The molecule has 0 amide bonds. The molecule has 0 saturated heterocycles. The minimum absolute atomic E-state index is 0.475. The van der Waals surface area contributed by atoms with E-state index in [0.717, 1.165) is 5.92 Å². The predicted octanol–water partition coefficient (Wildman–Crippen LogP) is 2.98. The maximum absolute atomic E-state index is 5.77. The first-order valence-corrected chi connectivity index (χ1v) is 6.71. The Labute approximate surface area is 94.0 Å². The van der Waals surface area contributed by atoms with E-state index in [1.165, 1.54) is 57.8 Å². The summed E-state index contributed by atoms with van der Waals surface area (Å²) in [6.45, 7) is 2.44. The van der Waals surface area contributed by atoms with Crippen molar-refractivity contribution in [3.63, 3.8) is 0 Å². The maximum atomic E-state index is 5.77. The minimum Gasteiger partial charge on any atom is -0.271 e. The largest absolute Gasteiger partial charge is 0.271 e. The van der Waals surface area contributed by atoms with Crippen LogP contribution in [0.5, 0.6) is 0 Å². The third-order valence-corrected chi connectivity index (χ3v) is 4.83. The Morgan fingerprint density at radius 1 is 1.20 bits per heavy atom. The van der Waals surface area contributed by atoms with E-state index in [1.54, 1.807) is 0 Å². The van der Waals surface area contributed by atoms with Gasteiger partial charge >= 0.3 is 0 Å². The first kappa shape index (κ1) is 11.4. The van der Waals surface area contributed by atoms with Crippen LogP contribution in [0.25, 0.3) is 0 Å². The molecule has 0 heterocycles. The van der Waals surface area contributed by atoms with Crippen LogP contribution in [0.4, 0.5) is 0 Å². The Hall–Kier alpha value is -0.0800. The molecule has 2 fully saturated rings. The molecular formula is C13H26N2. The van der Waals surface area contributed by atoms with Crippen LogP contribution in [0.3, 0.4) is 0 Å². The Morgan fingerprint density at radius 3 is 2.33 bits per heavy atom. The fourth-order valence-corrected chi connectivity index (χ4v) is 3.32. The lowest BCUT2D eigenvalue weighted by molar-refractivity contribution is 0.109. The highest BCUT2D eigenvalue weighted by molar-refractivity contribution is 4.91. The van der Waals surface area contributed by atoms with Crippen molar-refractivity contribution in [2.75, 3.05) is 0 Å². The Morgan fingerprint density at radius 2 is 1.87 bits per heavy atom. The molecule has 0 aromatic heterocycles. The Bertz CT molecular complexity index is 193. The van der Waals surface area contributed by atoms with Gasteiger partial charge in [0.25, 0.3) is 0 Å². The summed E-state index contributed by atoms with van der Waals surface area (Å²) >= 11 is 0. The van der Waals surface area contributed by atoms with Crippen LogP contribution in [-0.2, 0) is 0 Å². The van der Waals surface area contributed by atoms with Crippen molar-refractivity contribution in [2.24, 2.45) is 17.2 Å². The molecule has 1 unspecified atom stereocenters. The van der Waals surface area contributed by atoms with Gasteiger partial charge < -0.3 is 0 Å². The van der Waals surface area contributed by atoms with Crippen LogP contribution in [0, 0.1) is 11.3 Å². The summed E-state index contributed by atoms with van der Waals surface area (Å²) in [6, 6.07) is 0.558. The molecule has 0 aromatic rings. The molecule has 2 rings (SSSR count). The molecule has 3 N–H and O–H groups in total. The molecular weight excluding hydrogens is 184 g/mol. The Balaban J connectivity index is 1.90. The highest BCUT2D eigenvalue weighted by Gasteiger charge is 2.36. The summed E-state index contributed by atoms with van der Waals surface area (Å²) in [7, 11) is 0. The summed E-state index contributed by atoms with van der Waals surface area (Å²) < 4.78 is 0. The lowest BCUT2D eigenvalue weighted by Gasteiger charge is -2.43. The topological polar surface area (TPSA) is 38.0 Å². The average Bonchev–Trinajstić information content (AvgIpc) is 2.17. The number of rotatable bonds is 4. The van der Waals surface area contributed by atoms with Gasteiger partial charge in [-0.15, -0.1) is 0 Å². The fraction of sp³-hybridized carbons (Fsp3) is 1.00. The van der Waals surface area contributed by atoms with Gasteiger partial charge in [-0.25, -0.2) is 0 Å².